The van der Waals surface area contributed by atoms with Gasteiger partial charge in [-0.3, -0.25) is 9.69 Å². The number of halogens is 3. The van der Waals surface area contributed by atoms with Crippen molar-refractivity contribution in [1.82, 2.24) is 9.88 Å². The first-order valence-corrected chi connectivity index (χ1v) is 9.63. The summed E-state index contributed by atoms with van der Waals surface area (Å²) in [4.78, 5) is 17.0. The van der Waals surface area contributed by atoms with Gasteiger partial charge in [0.1, 0.15) is 12.4 Å². The molecule has 3 N–H and O–H groups in total. The van der Waals surface area contributed by atoms with Gasteiger partial charge in [-0.15, -0.1) is 12.4 Å². The number of hydrogen-bond acceptors (Lipinski definition) is 3. The number of aromatic nitrogens is 1. The molecule has 0 saturated heterocycles. The van der Waals surface area contributed by atoms with Crippen LogP contribution in [-0.2, 0) is 12.8 Å². The minimum absolute atomic E-state index is 0. The molecule has 30 heavy (non-hydrogen) atoms. The van der Waals surface area contributed by atoms with Crippen molar-refractivity contribution in [2.75, 3.05) is 20.2 Å². The van der Waals surface area contributed by atoms with Crippen molar-refractivity contribution < 1.29 is 18.3 Å². The van der Waals surface area contributed by atoms with Gasteiger partial charge < -0.3 is 15.5 Å². The molecule has 1 aromatic heterocycles. The van der Waals surface area contributed by atoms with Gasteiger partial charge >= 0.3 is 0 Å². The third-order valence-electron chi connectivity index (χ3n) is 5.65. The van der Waals surface area contributed by atoms with Gasteiger partial charge in [-0.05, 0) is 68.8 Å². The van der Waals surface area contributed by atoms with Crippen molar-refractivity contribution in [1.29, 1.82) is 0 Å². The molecule has 0 saturated carbocycles. The monoisotopic (exact) mass is 435 g/mol. The molecule has 1 amide bonds. The zero-order valence-corrected chi connectivity index (χ0v) is 17.4. The van der Waals surface area contributed by atoms with E-state index in [0.29, 0.717) is 24.2 Å². The first-order chi connectivity index (χ1) is 13.9. The van der Waals surface area contributed by atoms with Gasteiger partial charge in [0.15, 0.2) is 11.6 Å². The van der Waals surface area contributed by atoms with Crippen LogP contribution in [0.25, 0.3) is 10.9 Å². The highest BCUT2D eigenvalue weighted by Crippen LogP contribution is 2.32. The number of aromatic amines is 1. The van der Waals surface area contributed by atoms with E-state index in [1.54, 1.807) is 12.1 Å². The summed E-state index contributed by atoms with van der Waals surface area (Å²) in [5.41, 5.74) is 8.28. The lowest BCUT2D eigenvalue weighted by atomic mass is 9.95. The smallest absolute Gasteiger partial charge is 0.249 e. The molecule has 2 aromatic carbocycles. The summed E-state index contributed by atoms with van der Waals surface area (Å²) in [5, 5.41) is 0.907. The number of fused-ring (bicyclic) bond motifs is 2. The average Bonchev–Trinajstić information content (AvgIpc) is 3.09. The lowest BCUT2D eigenvalue weighted by Gasteiger charge is -2.33. The predicted molar refractivity (Wildman–Crippen MR) is 114 cm³/mol. The van der Waals surface area contributed by atoms with Crippen LogP contribution in [0, 0.1) is 11.6 Å². The number of likely N-dealkylation sites (N-methyl/N-ethyl adjacent to an activating group) is 1. The summed E-state index contributed by atoms with van der Waals surface area (Å²) in [6, 6.07) is 7.39. The molecule has 2 heterocycles. The Morgan fingerprint density at radius 1 is 1.30 bits per heavy atom. The quantitative estimate of drug-likeness (QED) is 0.618. The number of carbonyl (C=O) groups excluding carboxylic acids is 1. The van der Waals surface area contributed by atoms with Crippen LogP contribution in [0.5, 0.6) is 5.75 Å². The number of nitrogens with one attached hydrogen (secondary N) is 1. The van der Waals surface area contributed by atoms with Crippen LogP contribution in [0.2, 0.25) is 0 Å². The highest BCUT2D eigenvalue weighted by Gasteiger charge is 2.28. The number of aryl methyl sites for hydroxylation is 1. The topological polar surface area (TPSA) is 71.3 Å². The molecule has 0 unspecified atom stereocenters. The van der Waals surface area contributed by atoms with E-state index in [0.717, 1.165) is 35.9 Å². The molecule has 8 heteroatoms. The van der Waals surface area contributed by atoms with Gasteiger partial charge in [-0.1, -0.05) is 0 Å². The molecule has 1 aliphatic rings. The zero-order valence-electron chi connectivity index (χ0n) is 16.6. The van der Waals surface area contributed by atoms with E-state index < -0.39 is 11.7 Å². The van der Waals surface area contributed by atoms with E-state index in [1.807, 2.05) is 13.2 Å². The number of nitrogens with zero attached hydrogens (tertiary/aromatic N) is 1. The first kappa shape index (κ1) is 22.1. The molecule has 0 bridgehead atoms. The number of primary amides is 1. The maximum atomic E-state index is 14.0. The van der Waals surface area contributed by atoms with Gasteiger partial charge in [-0.2, -0.15) is 0 Å². The van der Waals surface area contributed by atoms with Crippen LogP contribution in [-0.4, -0.2) is 42.0 Å². The molecule has 3 aromatic rings. The fraction of sp³-hybridized carbons (Fsp3) is 0.318. The lowest BCUT2D eigenvalue weighted by molar-refractivity contribution is 0.0992. The van der Waals surface area contributed by atoms with Crippen molar-refractivity contribution in [3.63, 3.8) is 0 Å². The maximum absolute atomic E-state index is 14.0. The second-order valence-corrected chi connectivity index (χ2v) is 7.52. The number of hydrogen-bond donors (Lipinski definition) is 2. The van der Waals surface area contributed by atoms with Crippen molar-refractivity contribution >= 4 is 29.2 Å². The zero-order chi connectivity index (χ0) is 20.5. The van der Waals surface area contributed by atoms with Gasteiger partial charge in [0.2, 0.25) is 5.91 Å². The molecule has 1 atom stereocenters. The van der Waals surface area contributed by atoms with E-state index >= 15 is 0 Å². The van der Waals surface area contributed by atoms with Crippen LogP contribution in [0.4, 0.5) is 8.78 Å². The Balaban J connectivity index is 0.00000256. The molecule has 160 valence electrons. The maximum Gasteiger partial charge on any atom is 0.249 e. The fourth-order valence-electron chi connectivity index (χ4n) is 4.00. The van der Waals surface area contributed by atoms with Crippen LogP contribution in [0.1, 0.15) is 27.9 Å². The number of ether oxygens (including phenoxy) is 1. The standard InChI is InChI=1S/C22H23F2N3O2.ClH/c1-27(8-2-3-13-11-26-20-7-4-14(23)9-17(13)20)15-10-18-16(22(25)28)5-6-19(24)21(18)29-12-15;/h4-7,9,11,15,26H,2-3,8,10,12H2,1H3,(H2,25,28);1H/t15-;/m1./s1. The van der Waals surface area contributed by atoms with Crippen LogP contribution < -0.4 is 10.5 Å². The molecule has 0 spiro atoms. The van der Waals surface area contributed by atoms with E-state index in [4.69, 9.17) is 10.5 Å². The Morgan fingerprint density at radius 3 is 2.87 bits per heavy atom. The summed E-state index contributed by atoms with van der Waals surface area (Å²) in [6.45, 7) is 1.13. The van der Waals surface area contributed by atoms with Gasteiger partial charge in [0.05, 0.1) is 0 Å². The Hall–Kier alpha value is -2.64. The fourth-order valence-corrected chi connectivity index (χ4v) is 4.00. The van der Waals surface area contributed by atoms with Crippen molar-refractivity contribution in [3.05, 3.63) is 64.9 Å². The molecule has 0 radical (unpaired) electrons. The van der Waals surface area contributed by atoms with Crippen molar-refractivity contribution in [3.8, 4) is 5.75 Å². The number of amides is 1. The van der Waals surface area contributed by atoms with E-state index in [2.05, 4.69) is 9.88 Å². The van der Waals surface area contributed by atoms with E-state index in [1.165, 1.54) is 18.2 Å². The molecular weight excluding hydrogens is 412 g/mol. The van der Waals surface area contributed by atoms with Gasteiger partial charge in [0.25, 0.3) is 0 Å². The summed E-state index contributed by atoms with van der Waals surface area (Å²) in [5.74, 6) is -1.17. The molecule has 0 aliphatic carbocycles. The summed E-state index contributed by atoms with van der Waals surface area (Å²) >= 11 is 0. The Morgan fingerprint density at radius 2 is 2.10 bits per heavy atom. The summed E-state index contributed by atoms with van der Waals surface area (Å²) in [7, 11) is 1.98. The normalized spacial score (nSPS) is 15.5. The van der Waals surface area contributed by atoms with E-state index in [-0.39, 0.29) is 30.0 Å². The van der Waals surface area contributed by atoms with Crippen LogP contribution in [0.3, 0.4) is 0 Å². The van der Waals surface area contributed by atoms with Gasteiger partial charge in [0, 0.05) is 34.3 Å². The summed E-state index contributed by atoms with van der Waals surface area (Å²) < 4.78 is 33.2. The van der Waals surface area contributed by atoms with E-state index in [9.17, 15) is 13.6 Å². The summed E-state index contributed by atoms with van der Waals surface area (Å²) in [6.07, 6.45) is 4.10. The van der Waals surface area contributed by atoms with Crippen LogP contribution in [0.15, 0.2) is 36.5 Å². The second kappa shape index (κ2) is 9.02. The highest BCUT2D eigenvalue weighted by molar-refractivity contribution is 5.95. The number of H-pyrrole nitrogens is 1. The molecule has 5 nitrogen and oxygen atoms in total. The Kier molecular flexibility index (Phi) is 6.63. The minimum atomic E-state index is -0.584. The Labute approximate surface area is 179 Å². The van der Waals surface area contributed by atoms with Crippen LogP contribution >= 0.6 is 12.4 Å². The predicted octanol–water partition coefficient (Wildman–Crippen LogP) is 3.83. The number of nitrogens with two attached hydrogens (primary N) is 1. The number of rotatable bonds is 6. The third-order valence-corrected chi connectivity index (χ3v) is 5.65. The molecule has 0 fully saturated rings. The largest absolute Gasteiger partial charge is 0.489 e. The van der Waals surface area contributed by atoms with Crippen molar-refractivity contribution in [2.45, 2.75) is 25.3 Å². The number of benzene rings is 2. The Bertz CT molecular complexity index is 1070. The van der Waals surface area contributed by atoms with Crippen molar-refractivity contribution in [2.24, 2.45) is 5.73 Å². The second-order valence-electron chi connectivity index (χ2n) is 7.52. The first-order valence-electron chi connectivity index (χ1n) is 9.63. The van der Waals surface area contributed by atoms with Gasteiger partial charge in [-0.25, -0.2) is 8.78 Å². The third kappa shape index (κ3) is 4.27. The lowest BCUT2D eigenvalue weighted by Crippen LogP contribution is -2.42. The molecular formula is C22H24ClF2N3O2. The molecule has 4 rings (SSSR count). The number of carbonyl (C=O) groups is 1. The minimum Gasteiger partial charge on any atom is -0.489 e. The molecule has 1 aliphatic heterocycles. The SMILES string of the molecule is CN(CCCc1c[nH]c2ccc(F)cc12)[C@H]1COc2c(F)ccc(C(N)=O)c2C1.Cl. The highest BCUT2D eigenvalue weighted by atomic mass is 35.5. The average molecular weight is 436 g/mol.